The Morgan fingerprint density at radius 2 is 2.22 bits per heavy atom. The summed E-state index contributed by atoms with van der Waals surface area (Å²) in [7, 11) is 1.70. The Bertz CT molecular complexity index is 331. The number of rotatable bonds is 6. The average molecular weight is 255 g/mol. The van der Waals surface area contributed by atoms with Gasteiger partial charge in [0.05, 0.1) is 0 Å². The number of hydrogen-bond donors (Lipinski definition) is 4. The van der Waals surface area contributed by atoms with E-state index in [1.54, 1.807) is 7.05 Å². The van der Waals surface area contributed by atoms with Crippen LogP contribution in [-0.4, -0.2) is 48.7 Å². The van der Waals surface area contributed by atoms with Gasteiger partial charge in [-0.2, -0.15) is 0 Å². The third-order valence-corrected chi connectivity index (χ3v) is 3.65. The molecular formula is C12H21N3O3. The molecule has 1 saturated heterocycles. The number of amides is 2. The Morgan fingerprint density at radius 1 is 1.50 bits per heavy atom. The van der Waals surface area contributed by atoms with Gasteiger partial charge in [0, 0.05) is 24.5 Å². The zero-order chi connectivity index (χ0) is 13.1. The molecule has 18 heavy (non-hydrogen) atoms. The molecular weight excluding hydrogens is 234 g/mol. The highest BCUT2D eigenvalue weighted by molar-refractivity contribution is 5.83. The number of likely N-dealkylation sites (N-methyl/N-ethyl adjacent to an activating group) is 1. The summed E-state index contributed by atoms with van der Waals surface area (Å²) in [4.78, 5) is 23.2. The Balaban J connectivity index is 1.85. The maximum absolute atomic E-state index is 11.7. The van der Waals surface area contributed by atoms with E-state index in [0.717, 1.165) is 19.3 Å². The zero-order valence-corrected chi connectivity index (χ0v) is 10.6. The van der Waals surface area contributed by atoms with Gasteiger partial charge in [-0.05, 0) is 32.7 Å². The molecule has 4 N–H and O–H groups in total. The highest BCUT2D eigenvalue weighted by atomic mass is 16.3. The minimum absolute atomic E-state index is 0.0186. The van der Waals surface area contributed by atoms with Gasteiger partial charge in [0.15, 0.2) is 0 Å². The molecule has 3 atom stereocenters. The molecule has 2 fully saturated rings. The van der Waals surface area contributed by atoms with Crippen molar-refractivity contribution in [2.75, 3.05) is 13.6 Å². The molecule has 1 heterocycles. The van der Waals surface area contributed by atoms with Gasteiger partial charge in [0.1, 0.15) is 6.10 Å². The minimum atomic E-state index is -1.09. The molecule has 0 aromatic heterocycles. The molecule has 1 unspecified atom stereocenters. The summed E-state index contributed by atoms with van der Waals surface area (Å²) >= 11 is 0. The molecule has 0 aromatic rings. The molecule has 1 aliphatic carbocycles. The van der Waals surface area contributed by atoms with Gasteiger partial charge in [0.2, 0.25) is 5.91 Å². The monoisotopic (exact) mass is 255 g/mol. The first-order valence-corrected chi connectivity index (χ1v) is 6.55. The van der Waals surface area contributed by atoms with E-state index >= 15 is 0 Å². The Kier molecular flexibility index (Phi) is 4.19. The summed E-state index contributed by atoms with van der Waals surface area (Å²) in [5, 5.41) is 18.5. The topological polar surface area (TPSA) is 90.5 Å². The van der Waals surface area contributed by atoms with Crippen LogP contribution in [0.5, 0.6) is 0 Å². The van der Waals surface area contributed by atoms with E-state index in [2.05, 4.69) is 16.0 Å². The summed E-state index contributed by atoms with van der Waals surface area (Å²) < 4.78 is 0. The second-order valence-corrected chi connectivity index (χ2v) is 5.14. The van der Waals surface area contributed by atoms with E-state index in [9.17, 15) is 14.7 Å². The third-order valence-electron chi connectivity index (χ3n) is 3.65. The van der Waals surface area contributed by atoms with Crippen LogP contribution in [0.15, 0.2) is 0 Å². The molecule has 0 radical (unpaired) electrons. The normalized spacial score (nSPS) is 26.6. The molecule has 2 aliphatic rings. The number of hydrogen-bond acceptors (Lipinski definition) is 4. The van der Waals surface area contributed by atoms with Gasteiger partial charge in [-0.3, -0.25) is 9.59 Å². The highest BCUT2D eigenvalue weighted by Crippen LogP contribution is 2.20. The predicted octanol–water partition coefficient (Wildman–Crippen LogP) is -1.26. The second-order valence-electron chi connectivity index (χ2n) is 5.14. The molecule has 6 nitrogen and oxygen atoms in total. The van der Waals surface area contributed by atoms with Crippen LogP contribution in [0, 0.1) is 5.92 Å². The van der Waals surface area contributed by atoms with Crippen molar-refractivity contribution in [2.45, 2.75) is 43.9 Å². The molecule has 2 amide bonds. The van der Waals surface area contributed by atoms with E-state index < -0.39 is 6.10 Å². The SMILES string of the molecule is CN[C@@H](C[C@@H]1CCNC1=O)C(O)C(=O)NC1CC1. The summed E-state index contributed by atoms with van der Waals surface area (Å²) in [5.41, 5.74) is 0. The van der Waals surface area contributed by atoms with E-state index in [1.807, 2.05) is 0 Å². The largest absolute Gasteiger partial charge is 0.382 e. The molecule has 2 rings (SSSR count). The van der Waals surface area contributed by atoms with Crippen LogP contribution in [0.1, 0.15) is 25.7 Å². The molecule has 0 bridgehead atoms. The van der Waals surface area contributed by atoms with Crippen molar-refractivity contribution in [3.63, 3.8) is 0 Å². The highest BCUT2D eigenvalue weighted by Gasteiger charge is 2.34. The summed E-state index contributed by atoms with van der Waals surface area (Å²) in [5.74, 6) is -0.425. The van der Waals surface area contributed by atoms with Crippen molar-refractivity contribution in [3.05, 3.63) is 0 Å². The first kappa shape index (κ1) is 13.3. The maximum atomic E-state index is 11.7. The summed E-state index contributed by atoms with van der Waals surface area (Å²) in [6, 6.07) is -0.142. The molecule has 1 aliphatic heterocycles. The number of nitrogens with one attached hydrogen (secondary N) is 3. The molecule has 0 spiro atoms. The van der Waals surface area contributed by atoms with E-state index in [0.29, 0.717) is 13.0 Å². The summed E-state index contributed by atoms with van der Waals surface area (Å²) in [6.07, 6.45) is 2.15. The van der Waals surface area contributed by atoms with Crippen LogP contribution in [0.25, 0.3) is 0 Å². The lowest BCUT2D eigenvalue weighted by Crippen LogP contribution is -2.49. The van der Waals surface area contributed by atoms with Crippen molar-refractivity contribution in [3.8, 4) is 0 Å². The van der Waals surface area contributed by atoms with Gasteiger partial charge in [-0.1, -0.05) is 0 Å². The van der Waals surface area contributed by atoms with Crippen molar-refractivity contribution in [1.82, 2.24) is 16.0 Å². The lowest BCUT2D eigenvalue weighted by molar-refractivity contribution is -0.132. The number of aliphatic hydroxyl groups is 1. The van der Waals surface area contributed by atoms with E-state index in [-0.39, 0.29) is 29.8 Å². The second kappa shape index (κ2) is 5.67. The van der Waals surface area contributed by atoms with E-state index in [1.165, 1.54) is 0 Å². The quantitative estimate of drug-likeness (QED) is 0.477. The summed E-state index contributed by atoms with van der Waals surface area (Å²) in [6.45, 7) is 0.685. The predicted molar refractivity (Wildman–Crippen MR) is 65.8 cm³/mol. The van der Waals surface area contributed by atoms with Crippen molar-refractivity contribution in [2.24, 2.45) is 5.92 Å². The zero-order valence-electron chi connectivity index (χ0n) is 10.6. The fraction of sp³-hybridized carbons (Fsp3) is 0.833. The van der Waals surface area contributed by atoms with Crippen LogP contribution in [0.4, 0.5) is 0 Å². The number of aliphatic hydroxyl groups excluding tert-OH is 1. The molecule has 102 valence electrons. The standard InChI is InChI=1S/C12H21N3O3/c1-13-9(6-7-4-5-14-11(7)17)10(16)12(18)15-8-2-3-8/h7-10,13,16H,2-6H2,1H3,(H,14,17)(H,15,18)/t7-,9-,10?/m0/s1. The van der Waals surface area contributed by atoms with Crippen molar-refractivity contribution >= 4 is 11.8 Å². The van der Waals surface area contributed by atoms with Gasteiger partial charge in [-0.25, -0.2) is 0 Å². The van der Waals surface area contributed by atoms with Crippen LogP contribution < -0.4 is 16.0 Å². The van der Waals surface area contributed by atoms with Crippen LogP contribution >= 0.6 is 0 Å². The number of carbonyl (C=O) groups is 2. The molecule has 6 heteroatoms. The maximum Gasteiger partial charge on any atom is 0.250 e. The average Bonchev–Trinajstić information content (AvgIpc) is 3.08. The van der Waals surface area contributed by atoms with Crippen LogP contribution in [0.2, 0.25) is 0 Å². The lowest BCUT2D eigenvalue weighted by Gasteiger charge is -2.23. The fourth-order valence-electron chi connectivity index (χ4n) is 2.28. The first-order chi connectivity index (χ1) is 8.61. The Labute approximate surface area is 107 Å². The van der Waals surface area contributed by atoms with Gasteiger partial charge in [0.25, 0.3) is 5.91 Å². The minimum Gasteiger partial charge on any atom is -0.382 e. The Hall–Kier alpha value is -1.14. The lowest BCUT2D eigenvalue weighted by atomic mass is 9.95. The van der Waals surface area contributed by atoms with Crippen LogP contribution in [0.3, 0.4) is 0 Å². The van der Waals surface area contributed by atoms with Gasteiger partial charge in [-0.15, -0.1) is 0 Å². The van der Waals surface area contributed by atoms with Crippen LogP contribution in [-0.2, 0) is 9.59 Å². The first-order valence-electron chi connectivity index (χ1n) is 6.55. The third kappa shape index (κ3) is 3.20. The fourth-order valence-corrected chi connectivity index (χ4v) is 2.28. The van der Waals surface area contributed by atoms with Crippen molar-refractivity contribution < 1.29 is 14.7 Å². The smallest absolute Gasteiger partial charge is 0.250 e. The Morgan fingerprint density at radius 3 is 2.72 bits per heavy atom. The molecule has 0 aromatic carbocycles. The van der Waals surface area contributed by atoms with E-state index in [4.69, 9.17) is 0 Å². The van der Waals surface area contributed by atoms with Gasteiger partial charge >= 0.3 is 0 Å². The number of carbonyl (C=O) groups excluding carboxylic acids is 2. The molecule has 1 saturated carbocycles. The van der Waals surface area contributed by atoms with Gasteiger partial charge < -0.3 is 21.1 Å². The van der Waals surface area contributed by atoms with Crippen molar-refractivity contribution in [1.29, 1.82) is 0 Å².